The number of rotatable bonds is 4. The summed E-state index contributed by atoms with van der Waals surface area (Å²) in [6.45, 7) is 5.70. The van der Waals surface area contributed by atoms with E-state index in [1.807, 2.05) is 43.3 Å². The second-order valence-corrected chi connectivity index (χ2v) is 3.71. The van der Waals surface area contributed by atoms with Gasteiger partial charge in [-0.15, -0.1) is 0 Å². The highest BCUT2D eigenvalue weighted by molar-refractivity contribution is 5.94. The van der Waals surface area contributed by atoms with Gasteiger partial charge in [0, 0.05) is 5.57 Å². The molecule has 0 fully saturated rings. The van der Waals surface area contributed by atoms with E-state index in [1.165, 1.54) is 7.11 Å². The molecule has 0 bridgehead atoms. The van der Waals surface area contributed by atoms with Crippen molar-refractivity contribution < 1.29 is 9.53 Å². The molecular formula is C14H16O2. The first-order valence-corrected chi connectivity index (χ1v) is 5.12. The van der Waals surface area contributed by atoms with E-state index in [9.17, 15) is 4.79 Å². The molecule has 16 heavy (non-hydrogen) atoms. The summed E-state index contributed by atoms with van der Waals surface area (Å²) in [4.78, 5) is 11.5. The monoisotopic (exact) mass is 216 g/mol. The van der Waals surface area contributed by atoms with Crippen LogP contribution in [-0.4, -0.2) is 13.1 Å². The van der Waals surface area contributed by atoms with Gasteiger partial charge >= 0.3 is 5.97 Å². The Morgan fingerprint density at radius 1 is 1.38 bits per heavy atom. The van der Waals surface area contributed by atoms with E-state index in [1.54, 1.807) is 0 Å². The lowest BCUT2D eigenvalue weighted by Gasteiger charge is -2.05. The smallest absolute Gasteiger partial charge is 0.334 e. The Morgan fingerprint density at radius 3 is 2.50 bits per heavy atom. The van der Waals surface area contributed by atoms with Crippen LogP contribution in [0.2, 0.25) is 0 Å². The minimum absolute atomic E-state index is 0.299. The van der Waals surface area contributed by atoms with Crippen molar-refractivity contribution in [3.63, 3.8) is 0 Å². The second kappa shape index (κ2) is 5.91. The van der Waals surface area contributed by atoms with Crippen molar-refractivity contribution in [2.45, 2.75) is 13.3 Å². The van der Waals surface area contributed by atoms with Gasteiger partial charge in [-0.3, -0.25) is 0 Å². The zero-order valence-electron chi connectivity index (χ0n) is 9.69. The zero-order chi connectivity index (χ0) is 12.0. The van der Waals surface area contributed by atoms with E-state index in [2.05, 4.69) is 6.58 Å². The Morgan fingerprint density at radius 2 is 2.00 bits per heavy atom. The van der Waals surface area contributed by atoms with Crippen molar-refractivity contribution in [3.8, 4) is 0 Å². The molecule has 0 amide bonds. The average Bonchev–Trinajstić information content (AvgIpc) is 2.28. The van der Waals surface area contributed by atoms with Gasteiger partial charge in [0.25, 0.3) is 0 Å². The minimum atomic E-state index is -0.299. The molecule has 0 heterocycles. The van der Waals surface area contributed by atoms with Crippen LogP contribution in [0.4, 0.5) is 0 Å². The molecule has 1 rings (SSSR count). The maximum Gasteiger partial charge on any atom is 0.334 e. The Balaban J connectivity index is 2.96. The van der Waals surface area contributed by atoms with Crippen LogP contribution in [-0.2, 0) is 9.53 Å². The normalized spacial score (nSPS) is 11.0. The lowest BCUT2D eigenvalue weighted by Crippen LogP contribution is -2.05. The number of allylic oxidation sites excluding steroid dienone is 1. The topological polar surface area (TPSA) is 26.3 Å². The highest BCUT2D eigenvalue weighted by atomic mass is 16.5. The van der Waals surface area contributed by atoms with Crippen LogP contribution in [0.15, 0.2) is 48.1 Å². The van der Waals surface area contributed by atoms with Crippen LogP contribution >= 0.6 is 0 Å². The molecule has 0 aliphatic carbocycles. The van der Waals surface area contributed by atoms with E-state index in [4.69, 9.17) is 4.74 Å². The van der Waals surface area contributed by atoms with E-state index in [0.717, 1.165) is 11.1 Å². The summed E-state index contributed by atoms with van der Waals surface area (Å²) >= 11 is 0. The Hall–Kier alpha value is -1.83. The van der Waals surface area contributed by atoms with Crippen LogP contribution in [0.25, 0.3) is 6.08 Å². The molecule has 0 saturated heterocycles. The molecule has 1 aromatic carbocycles. The molecule has 2 heteroatoms. The first-order valence-electron chi connectivity index (χ1n) is 5.12. The van der Waals surface area contributed by atoms with Gasteiger partial charge in [0.2, 0.25) is 0 Å². The summed E-state index contributed by atoms with van der Waals surface area (Å²) in [6.07, 6.45) is 2.38. The van der Waals surface area contributed by atoms with Crippen molar-refractivity contribution in [1.29, 1.82) is 0 Å². The standard InChI is InChI=1S/C14H16O2/c1-11(2)9-13(14(15)16-3)10-12-7-5-4-6-8-12/h4-8,10H,1,9H2,2-3H3. The van der Waals surface area contributed by atoms with E-state index in [-0.39, 0.29) is 5.97 Å². The van der Waals surface area contributed by atoms with Crippen molar-refractivity contribution in [3.05, 3.63) is 53.6 Å². The van der Waals surface area contributed by atoms with Crippen molar-refractivity contribution in [2.24, 2.45) is 0 Å². The number of hydrogen-bond acceptors (Lipinski definition) is 2. The van der Waals surface area contributed by atoms with Gasteiger partial charge in [-0.2, -0.15) is 0 Å². The number of hydrogen-bond donors (Lipinski definition) is 0. The highest BCUT2D eigenvalue weighted by Crippen LogP contribution is 2.15. The fourth-order valence-corrected chi connectivity index (χ4v) is 1.39. The number of methoxy groups -OCH3 is 1. The maximum absolute atomic E-state index is 11.5. The third-order valence-electron chi connectivity index (χ3n) is 2.08. The molecule has 84 valence electrons. The molecule has 0 atom stereocenters. The van der Waals surface area contributed by atoms with E-state index >= 15 is 0 Å². The predicted molar refractivity (Wildman–Crippen MR) is 65.9 cm³/mol. The molecule has 2 nitrogen and oxygen atoms in total. The molecule has 0 radical (unpaired) electrons. The average molecular weight is 216 g/mol. The van der Waals surface area contributed by atoms with Crippen molar-refractivity contribution >= 4 is 12.0 Å². The van der Waals surface area contributed by atoms with Gasteiger partial charge in [-0.1, -0.05) is 42.5 Å². The quantitative estimate of drug-likeness (QED) is 0.439. The Bertz CT molecular complexity index is 402. The summed E-state index contributed by atoms with van der Waals surface area (Å²) in [6, 6.07) is 9.69. The minimum Gasteiger partial charge on any atom is -0.466 e. The van der Waals surface area contributed by atoms with Crippen LogP contribution in [0.3, 0.4) is 0 Å². The summed E-state index contributed by atoms with van der Waals surface area (Å²) in [7, 11) is 1.39. The third kappa shape index (κ3) is 3.73. The number of carbonyl (C=O) groups is 1. The zero-order valence-corrected chi connectivity index (χ0v) is 9.69. The van der Waals surface area contributed by atoms with Gasteiger partial charge in [-0.05, 0) is 25.0 Å². The summed E-state index contributed by atoms with van der Waals surface area (Å²) in [5, 5.41) is 0. The Labute approximate surface area is 96.2 Å². The molecule has 0 saturated carbocycles. The molecule has 1 aromatic rings. The van der Waals surface area contributed by atoms with Gasteiger partial charge in [0.1, 0.15) is 0 Å². The van der Waals surface area contributed by atoms with Gasteiger partial charge in [0.05, 0.1) is 7.11 Å². The van der Waals surface area contributed by atoms with Crippen LogP contribution in [0.1, 0.15) is 18.9 Å². The molecule has 0 unspecified atom stereocenters. The number of ether oxygens (including phenoxy) is 1. The van der Waals surface area contributed by atoms with Crippen LogP contribution < -0.4 is 0 Å². The first-order chi connectivity index (χ1) is 7.63. The fraction of sp³-hybridized carbons (Fsp3) is 0.214. The molecule has 0 aliphatic rings. The predicted octanol–water partition coefficient (Wildman–Crippen LogP) is 3.21. The van der Waals surface area contributed by atoms with E-state index < -0.39 is 0 Å². The third-order valence-corrected chi connectivity index (χ3v) is 2.08. The molecule has 0 aliphatic heterocycles. The second-order valence-electron chi connectivity index (χ2n) is 3.71. The summed E-state index contributed by atoms with van der Waals surface area (Å²) in [5.41, 5.74) is 2.55. The van der Waals surface area contributed by atoms with Gasteiger partial charge < -0.3 is 4.74 Å². The molecular weight excluding hydrogens is 200 g/mol. The maximum atomic E-state index is 11.5. The van der Waals surface area contributed by atoms with Crippen molar-refractivity contribution in [2.75, 3.05) is 7.11 Å². The van der Waals surface area contributed by atoms with E-state index in [0.29, 0.717) is 12.0 Å². The molecule has 0 spiro atoms. The highest BCUT2D eigenvalue weighted by Gasteiger charge is 2.09. The Kier molecular flexibility index (Phi) is 4.52. The molecule has 0 aromatic heterocycles. The lowest BCUT2D eigenvalue weighted by atomic mass is 10.0. The summed E-state index contributed by atoms with van der Waals surface area (Å²) < 4.78 is 4.74. The largest absolute Gasteiger partial charge is 0.466 e. The van der Waals surface area contributed by atoms with Crippen molar-refractivity contribution in [1.82, 2.24) is 0 Å². The number of benzene rings is 1. The number of carbonyl (C=O) groups excluding carboxylic acids is 1. The lowest BCUT2D eigenvalue weighted by molar-refractivity contribution is -0.136. The fourth-order valence-electron chi connectivity index (χ4n) is 1.39. The number of esters is 1. The van der Waals surface area contributed by atoms with Crippen LogP contribution in [0.5, 0.6) is 0 Å². The van der Waals surface area contributed by atoms with Crippen LogP contribution in [0, 0.1) is 0 Å². The first kappa shape index (κ1) is 12.2. The van der Waals surface area contributed by atoms with Gasteiger partial charge in [0.15, 0.2) is 0 Å². The summed E-state index contributed by atoms with van der Waals surface area (Å²) in [5.74, 6) is -0.299. The SMILES string of the molecule is C=C(C)CC(=Cc1ccccc1)C(=O)OC. The van der Waals surface area contributed by atoms with Gasteiger partial charge in [-0.25, -0.2) is 4.79 Å². The molecule has 0 N–H and O–H groups in total.